The first-order chi connectivity index (χ1) is 6.02. The third kappa shape index (κ3) is 6.76. The minimum atomic E-state index is -0.0769. The van der Waals surface area contributed by atoms with E-state index in [1.807, 2.05) is 6.92 Å². The highest BCUT2D eigenvalue weighted by molar-refractivity contribution is 5.78. The first-order valence-electron chi connectivity index (χ1n) is 5.08. The van der Waals surface area contributed by atoms with Crippen molar-refractivity contribution in [3.63, 3.8) is 0 Å². The second kappa shape index (κ2) is 6.14. The third-order valence-electron chi connectivity index (χ3n) is 2.32. The molecule has 0 aromatic rings. The van der Waals surface area contributed by atoms with E-state index >= 15 is 0 Å². The zero-order valence-electron chi connectivity index (χ0n) is 9.35. The summed E-state index contributed by atoms with van der Waals surface area (Å²) in [6, 6.07) is 0. The monoisotopic (exact) mass is 186 g/mol. The molecule has 2 nitrogen and oxygen atoms in total. The maximum absolute atomic E-state index is 11.2. The van der Waals surface area contributed by atoms with Crippen molar-refractivity contribution in [1.29, 1.82) is 0 Å². The largest absolute Gasteiger partial charge is 0.379 e. The summed E-state index contributed by atoms with van der Waals surface area (Å²) in [7, 11) is 1.72. The molecular weight excluding hydrogens is 164 g/mol. The lowest BCUT2D eigenvalue weighted by atomic mass is 9.99. The Bertz CT molecular complexity index is 150. The minimum Gasteiger partial charge on any atom is -0.379 e. The summed E-state index contributed by atoms with van der Waals surface area (Å²) in [5, 5.41) is 0. The van der Waals surface area contributed by atoms with E-state index in [1.54, 1.807) is 7.11 Å². The van der Waals surface area contributed by atoms with Gasteiger partial charge < -0.3 is 4.74 Å². The van der Waals surface area contributed by atoms with Crippen molar-refractivity contribution in [2.45, 2.75) is 58.5 Å². The molecule has 0 saturated carbocycles. The molecule has 78 valence electrons. The number of hydrogen-bond acceptors (Lipinski definition) is 2. The predicted octanol–water partition coefficient (Wildman–Crippen LogP) is 2.95. The van der Waals surface area contributed by atoms with Crippen LogP contribution in [0.3, 0.4) is 0 Å². The molecule has 0 unspecified atom stereocenters. The summed E-state index contributed by atoms with van der Waals surface area (Å²) in [6.45, 7) is 6.14. The van der Waals surface area contributed by atoms with Crippen LogP contribution < -0.4 is 0 Å². The van der Waals surface area contributed by atoms with Gasteiger partial charge in [0.2, 0.25) is 0 Å². The van der Waals surface area contributed by atoms with E-state index < -0.39 is 0 Å². The molecule has 13 heavy (non-hydrogen) atoms. The molecule has 0 heterocycles. The van der Waals surface area contributed by atoms with Gasteiger partial charge in [-0.05, 0) is 33.1 Å². The van der Waals surface area contributed by atoms with E-state index in [1.165, 1.54) is 0 Å². The number of Topliss-reactive ketones (excluding diaryl/α,β-unsaturated/α-hetero) is 1. The molecule has 0 amide bonds. The van der Waals surface area contributed by atoms with Crippen LogP contribution in [0.4, 0.5) is 0 Å². The predicted molar refractivity (Wildman–Crippen MR) is 54.9 cm³/mol. The van der Waals surface area contributed by atoms with Crippen molar-refractivity contribution in [1.82, 2.24) is 0 Å². The Kier molecular flexibility index (Phi) is 5.97. The molecule has 0 aliphatic rings. The molecule has 0 rings (SSSR count). The summed E-state index contributed by atoms with van der Waals surface area (Å²) in [4.78, 5) is 11.2. The Hall–Kier alpha value is -0.370. The first-order valence-corrected chi connectivity index (χ1v) is 5.08. The van der Waals surface area contributed by atoms with E-state index in [0.717, 1.165) is 25.7 Å². The first kappa shape index (κ1) is 12.6. The van der Waals surface area contributed by atoms with Gasteiger partial charge in [0.15, 0.2) is 0 Å². The molecule has 0 N–H and O–H groups in total. The fraction of sp³-hybridized carbons (Fsp3) is 0.909. The van der Waals surface area contributed by atoms with Crippen LogP contribution in [0.2, 0.25) is 0 Å². The van der Waals surface area contributed by atoms with Crippen molar-refractivity contribution < 1.29 is 9.53 Å². The number of carbonyl (C=O) groups is 1. The van der Waals surface area contributed by atoms with Crippen LogP contribution in [0.15, 0.2) is 0 Å². The van der Waals surface area contributed by atoms with Gasteiger partial charge in [0.05, 0.1) is 5.60 Å². The van der Waals surface area contributed by atoms with Gasteiger partial charge in [-0.1, -0.05) is 6.92 Å². The zero-order chi connectivity index (χ0) is 10.3. The van der Waals surface area contributed by atoms with Gasteiger partial charge in [-0.15, -0.1) is 0 Å². The van der Waals surface area contributed by atoms with Crippen LogP contribution in [0.25, 0.3) is 0 Å². The van der Waals surface area contributed by atoms with E-state index in [4.69, 9.17) is 4.74 Å². The number of methoxy groups -OCH3 is 1. The fourth-order valence-electron chi connectivity index (χ4n) is 1.22. The van der Waals surface area contributed by atoms with E-state index in [-0.39, 0.29) is 5.60 Å². The third-order valence-corrected chi connectivity index (χ3v) is 2.32. The van der Waals surface area contributed by atoms with Crippen molar-refractivity contribution in [3.8, 4) is 0 Å². The molecule has 2 heteroatoms. The quantitative estimate of drug-likeness (QED) is 0.611. The van der Waals surface area contributed by atoms with Crippen molar-refractivity contribution in [2.75, 3.05) is 7.11 Å². The molecule has 0 aliphatic carbocycles. The van der Waals surface area contributed by atoms with Crippen molar-refractivity contribution >= 4 is 5.78 Å². The summed E-state index contributed by atoms with van der Waals surface area (Å²) in [6.07, 6.45) is 4.30. The van der Waals surface area contributed by atoms with Gasteiger partial charge in [-0.3, -0.25) is 4.79 Å². The zero-order valence-corrected chi connectivity index (χ0v) is 9.35. The lowest BCUT2D eigenvalue weighted by Gasteiger charge is -2.22. The lowest BCUT2D eigenvalue weighted by Crippen LogP contribution is -2.22. The summed E-state index contributed by atoms with van der Waals surface area (Å²) in [5.41, 5.74) is -0.0769. The van der Waals surface area contributed by atoms with Gasteiger partial charge in [-0.25, -0.2) is 0 Å². The number of ether oxygens (including phenoxy) is 1. The molecule has 0 fully saturated rings. The lowest BCUT2D eigenvalue weighted by molar-refractivity contribution is -0.119. The Morgan fingerprint density at radius 3 is 2.38 bits per heavy atom. The van der Waals surface area contributed by atoms with Crippen LogP contribution in [-0.4, -0.2) is 18.5 Å². The number of ketones is 1. The average Bonchev–Trinajstić information content (AvgIpc) is 2.05. The van der Waals surface area contributed by atoms with Gasteiger partial charge >= 0.3 is 0 Å². The van der Waals surface area contributed by atoms with Gasteiger partial charge in [0.1, 0.15) is 5.78 Å². The molecule has 0 radical (unpaired) electrons. The molecule has 0 spiro atoms. The van der Waals surface area contributed by atoms with Crippen LogP contribution in [0.1, 0.15) is 52.9 Å². The molecular formula is C11H22O2. The summed E-state index contributed by atoms with van der Waals surface area (Å²) >= 11 is 0. The van der Waals surface area contributed by atoms with Crippen molar-refractivity contribution in [3.05, 3.63) is 0 Å². The smallest absolute Gasteiger partial charge is 0.132 e. The molecule has 0 bridgehead atoms. The highest BCUT2D eigenvalue weighted by atomic mass is 16.5. The Morgan fingerprint density at radius 1 is 1.31 bits per heavy atom. The molecule has 0 saturated heterocycles. The number of hydrogen-bond donors (Lipinski definition) is 0. The summed E-state index contributed by atoms with van der Waals surface area (Å²) < 4.78 is 5.27. The van der Waals surface area contributed by atoms with Gasteiger partial charge in [0, 0.05) is 20.0 Å². The fourth-order valence-corrected chi connectivity index (χ4v) is 1.22. The summed E-state index contributed by atoms with van der Waals surface area (Å²) in [5.74, 6) is 0.384. The Labute approximate surface area is 81.7 Å². The number of carbonyl (C=O) groups excluding carboxylic acids is 1. The van der Waals surface area contributed by atoms with E-state index in [2.05, 4.69) is 13.8 Å². The average molecular weight is 186 g/mol. The van der Waals surface area contributed by atoms with Crippen LogP contribution in [0, 0.1) is 0 Å². The van der Waals surface area contributed by atoms with Gasteiger partial charge in [0.25, 0.3) is 0 Å². The maximum Gasteiger partial charge on any atom is 0.132 e. The molecule has 0 atom stereocenters. The SMILES string of the molecule is CCCC(=O)CCCC(C)(C)OC. The topological polar surface area (TPSA) is 26.3 Å². The molecule has 0 aliphatic heterocycles. The normalized spacial score (nSPS) is 11.7. The van der Waals surface area contributed by atoms with Gasteiger partial charge in [-0.2, -0.15) is 0 Å². The Morgan fingerprint density at radius 2 is 1.92 bits per heavy atom. The highest BCUT2D eigenvalue weighted by Gasteiger charge is 2.15. The standard InChI is InChI=1S/C11H22O2/c1-5-7-10(12)8-6-9-11(2,3)13-4/h5-9H2,1-4H3. The highest BCUT2D eigenvalue weighted by Crippen LogP contribution is 2.16. The molecule has 0 aromatic carbocycles. The van der Waals surface area contributed by atoms with Crippen LogP contribution in [-0.2, 0) is 9.53 Å². The van der Waals surface area contributed by atoms with Crippen LogP contribution in [0.5, 0.6) is 0 Å². The molecule has 0 aromatic heterocycles. The number of rotatable bonds is 7. The second-order valence-electron chi connectivity index (χ2n) is 4.11. The van der Waals surface area contributed by atoms with E-state index in [0.29, 0.717) is 12.2 Å². The van der Waals surface area contributed by atoms with E-state index in [9.17, 15) is 4.79 Å². The maximum atomic E-state index is 11.2. The minimum absolute atomic E-state index is 0.0769. The Balaban J connectivity index is 3.50. The second-order valence-corrected chi connectivity index (χ2v) is 4.11. The van der Waals surface area contributed by atoms with Crippen LogP contribution >= 0.6 is 0 Å². The van der Waals surface area contributed by atoms with Crippen molar-refractivity contribution in [2.24, 2.45) is 0 Å².